The zero-order valence-electron chi connectivity index (χ0n) is 13.6. The van der Waals surface area contributed by atoms with E-state index in [-0.39, 0.29) is 24.0 Å². The highest BCUT2D eigenvalue weighted by atomic mass is 127. The molecule has 1 aliphatic rings. The highest BCUT2D eigenvalue weighted by molar-refractivity contribution is 14.0. The topological polar surface area (TPSA) is 58.5 Å². The average Bonchev–Trinajstić information content (AvgIpc) is 3.06. The molecule has 1 saturated heterocycles. The number of nitrogens with zero attached hydrogens (tertiary/aromatic N) is 2. The standard InChI is InChI=1S/C15H26N4OS.HI/c1-4-16-15(17-8-7-13-6-5-9-20-13)18-10-14-11(2)19-12(3)21-14;/h13H,4-10H2,1-3H3,(H2,16,17,18);1H. The van der Waals surface area contributed by atoms with Gasteiger partial charge in [0.15, 0.2) is 5.96 Å². The van der Waals surface area contributed by atoms with Crippen molar-refractivity contribution < 1.29 is 4.74 Å². The fraction of sp³-hybridized carbons (Fsp3) is 0.733. The molecule has 22 heavy (non-hydrogen) atoms. The largest absolute Gasteiger partial charge is 0.378 e. The van der Waals surface area contributed by atoms with Crippen LogP contribution in [0.4, 0.5) is 0 Å². The van der Waals surface area contributed by atoms with Gasteiger partial charge in [-0.1, -0.05) is 0 Å². The lowest BCUT2D eigenvalue weighted by molar-refractivity contribution is 0.105. The molecule has 7 heteroatoms. The van der Waals surface area contributed by atoms with Crippen molar-refractivity contribution in [2.75, 3.05) is 19.7 Å². The normalized spacial score (nSPS) is 18.1. The van der Waals surface area contributed by atoms with Gasteiger partial charge in [0.1, 0.15) is 0 Å². The van der Waals surface area contributed by atoms with Crippen LogP contribution in [0.1, 0.15) is 41.8 Å². The highest BCUT2D eigenvalue weighted by Crippen LogP contribution is 2.18. The van der Waals surface area contributed by atoms with Crippen LogP contribution in [0.15, 0.2) is 4.99 Å². The highest BCUT2D eigenvalue weighted by Gasteiger charge is 2.14. The molecule has 1 aromatic heterocycles. The van der Waals surface area contributed by atoms with Crippen molar-refractivity contribution >= 4 is 41.3 Å². The lowest BCUT2D eigenvalue weighted by Crippen LogP contribution is -2.38. The molecule has 1 aromatic rings. The van der Waals surface area contributed by atoms with E-state index in [1.165, 1.54) is 17.7 Å². The predicted octanol–water partition coefficient (Wildman–Crippen LogP) is 3.00. The monoisotopic (exact) mass is 438 g/mol. The minimum absolute atomic E-state index is 0. The summed E-state index contributed by atoms with van der Waals surface area (Å²) in [5.74, 6) is 0.876. The molecule has 0 saturated carbocycles. The van der Waals surface area contributed by atoms with Crippen molar-refractivity contribution in [2.45, 2.75) is 52.7 Å². The number of hydrogen-bond donors (Lipinski definition) is 2. The summed E-state index contributed by atoms with van der Waals surface area (Å²) in [5, 5.41) is 7.78. The second-order valence-electron chi connectivity index (χ2n) is 5.29. The zero-order valence-corrected chi connectivity index (χ0v) is 16.8. The van der Waals surface area contributed by atoms with E-state index in [9.17, 15) is 0 Å². The van der Waals surface area contributed by atoms with E-state index in [1.807, 2.05) is 13.8 Å². The molecule has 0 spiro atoms. The molecule has 1 fully saturated rings. The number of halogens is 1. The summed E-state index contributed by atoms with van der Waals surface area (Å²) < 4.78 is 5.64. The quantitative estimate of drug-likeness (QED) is 0.408. The Labute approximate surface area is 154 Å². The van der Waals surface area contributed by atoms with Gasteiger partial charge in [0, 0.05) is 24.6 Å². The number of aromatic nitrogens is 1. The van der Waals surface area contributed by atoms with Gasteiger partial charge in [-0.3, -0.25) is 0 Å². The van der Waals surface area contributed by atoms with Gasteiger partial charge in [0.25, 0.3) is 0 Å². The molecule has 0 bridgehead atoms. The molecule has 5 nitrogen and oxygen atoms in total. The van der Waals surface area contributed by atoms with E-state index in [1.54, 1.807) is 11.3 Å². The Morgan fingerprint density at radius 3 is 2.82 bits per heavy atom. The third-order valence-corrected chi connectivity index (χ3v) is 4.56. The molecule has 1 atom stereocenters. The summed E-state index contributed by atoms with van der Waals surface area (Å²) in [6.45, 7) is 9.54. The molecule has 1 aliphatic heterocycles. The van der Waals surface area contributed by atoms with Crippen molar-refractivity contribution in [3.05, 3.63) is 15.6 Å². The van der Waals surface area contributed by atoms with Crippen LogP contribution in [0.25, 0.3) is 0 Å². The van der Waals surface area contributed by atoms with Gasteiger partial charge in [-0.15, -0.1) is 35.3 Å². The summed E-state index contributed by atoms with van der Waals surface area (Å²) in [6.07, 6.45) is 3.85. The molecule has 0 aliphatic carbocycles. The number of aliphatic imine (C=N–C) groups is 1. The first-order valence-corrected chi connectivity index (χ1v) is 8.57. The Morgan fingerprint density at radius 1 is 1.41 bits per heavy atom. The molecule has 2 heterocycles. The van der Waals surface area contributed by atoms with Crippen LogP contribution in [-0.4, -0.2) is 36.7 Å². The molecular weight excluding hydrogens is 411 g/mol. The lowest BCUT2D eigenvalue weighted by atomic mass is 10.2. The SMILES string of the molecule is CCNC(=NCc1sc(C)nc1C)NCCC1CCCO1.I. The lowest BCUT2D eigenvalue weighted by Gasteiger charge is -2.13. The van der Waals surface area contributed by atoms with Crippen LogP contribution in [0.3, 0.4) is 0 Å². The van der Waals surface area contributed by atoms with Gasteiger partial charge in [-0.2, -0.15) is 0 Å². The molecule has 126 valence electrons. The molecule has 2 rings (SSSR count). The maximum Gasteiger partial charge on any atom is 0.191 e. The smallest absolute Gasteiger partial charge is 0.191 e. The van der Waals surface area contributed by atoms with Crippen LogP contribution in [0, 0.1) is 13.8 Å². The number of nitrogens with one attached hydrogen (secondary N) is 2. The summed E-state index contributed by atoms with van der Waals surface area (Å²) in [6, 6.07) is 0. The summed E-state index contributed by atoms with van der Waals surface area (Å²) in [4.78, 5) is 10.3. The predicted molar refractivity (Wildman–Crippen MR) is 103 cm³/mol. The Hall–Kier alpha value is -0.410. The van der Waals surface area contributed by atoms with Crippen molar-refractivity contribution in [1.82, 2.24) is 15.6 Å². The van der Waals surface area contributed by atoms with Crippen LogP contribution >= 0.6 is 35.3 Å². The second-order valence-corrected chi connectivity index (χ2v) is 6.57. The molecule has 0 amide bonds. The van der Waals surface area contributed by atoms with Crippen molar-refractivity contribution in [1.29, 1.82) is 0 Å². The van der Waals surface area contributed by atoms with Crippen LogP contribution in [-0.2, 0) is 11.3 Å². The van der Waals surface area contributed by atoms with Crippen LogP contribution in [0.5, 0.6) is 0 Å². The van der Waals surface area contributed by atoms with Gasteiger partial charge in [-0.25, -0.2) is 9.98 Å². The van der Waals surface area contributed by atoms with E-state index < -0.39 is 0 Å². The number of rotatable bonds is 6. The van der Waals surface area contributed by atoms with Crippen molar-refractivity contribution in [3.63, 3.8) is 0 Å². The Kier molecular flexibility index (Phi) is 9.27. The fourth-order valence-corrected chi connectivity index (χ4v) is 3.30. The number of aryl methyl sites for hydroxylation is 2. The molecule has 2 N–H and O–H groups in total. The van der Waals surface area contributed by atoms with Crippen LogP contribution in [0.2, 0.25) is 0 Å². The van der Waals surface area contributed by atoms with Gasteiger partial charge in [0.2, 0.25) is 0 Å². The minimum Gasteiger partial charge on any atom is -0.378 e. The van der Waals surface area contributed by atoms with Crippen molar-refractivity contribution in [2.24, 2.45) is 4.99 Å². The number of guanidine groups is 1. The maximum atomic E-state index is 5.64. The second kappa shape index (κ2) is 10.4. The Balaban J connectivity index is 0.00000242. The van der Waals surface area contributed by atoms with Gasteiger partial charge < -0.3 is 15.4 Å². The molecular formula is C15H27IN4OS. The third kappa shape index (κ3) is 6.37. The van der Waals surface area contributed by atoms with Gasteiger partial charge >= 0.3 is 0 Å². The Bertz CT molecular complexity index is 472. The average molecular weight is 438 g/mol. The van der Waals surface area contributed by atoms with E-state index >= 15 is 0 Å². The first-order valence-electron chi connectivity index (χ1n) is 7.75. The number of thiazole rings is 1. The van der Waals surface area contributed by atoms with Gasteiger partial charge in [0.05, 0.1) is 23.4 Å². The third-order valence-electron chi connectivity index (χ3n) is 3.51. The molecule has 1 unspecified atom stereocenters. The number of ether oxygens (including phenoxy) is 1. The Morgan fingerprint density at radius 2 is 2.23 bits per heavy atom. The first kappa shape index (κ1) is 19.6. The van der Waals surface area contributed by atoms with Crippen LogP contribution < -0.4 is 10.6 Å². The molecule has 0 radical (unpaired) electrons. The van der Waals surface area contributed by atoms with Gasteiger partial charge in [-0.05, 0) is 40.0 Å². The minimum atomic E-state index is 0. The van der Waals surface area contributed by atoms with E-state index in [2.05, 4.69) is 27.5 Å². The van der Waals surface area contributed by atoms with E-state index in [0.29, 0.717) is 12.6 Å². The molecule has 0 aromatic carbocycles. The summed E-state index contributed by atoms with van der Waals surface area (Å²) >= 11 is 1.72. The summed E-state index contributed by atoms with van der Waals surface area (Å²) in [5.41, 5.74) is 1.09. The van der Waals surface area contributed by atoms with E-state index in [4.69, 9.17) is 4.74 Å². The maximum absolute atomic E-state index is 5.64. The van der Waals surface area contributed by atoms with E-state index in [0.717, 1.165) is 42.8 Å². The van der Waals surface area contributed by atoms with Crippen molar-refractivity contribution in [3.8, 4) is 0 Å². The summed E-state index contributed by atoms with van der Waals surface area (Å²) in [7, 11) is 0. The fourth-order valence-electron chi connectivity index (χ4n) is 2.44. The number of hydrogen-bond acceptors (Lipinski definition) is 4. The first-order chi connectivity index (χ1) is 10.2. The zero-order chi connectivity index (χ0) is 15.1.